The van der Waals surface area contributed by atoms with Crippen LogP contribution in [0.15, 0.2) is 117 Å². The third kappa shape index (κ3) is 25.7. The molecule has 6 N–H and O–H groups in total. The Kier molecular flexibility index (Phi) is 36.7. The first-order valence-corrected chi connectivity index (χ1v) is 40.2. The van der Waals surface area contributed by atoms with E-state index in [0.717, 1.165) is 43.2 Å². The van der Waals surface area contributed by atoms with Gasteiger partial charge in [0.05, 0.1) is 135 Å². The normalized spacial score (nSPS) is 13.5. The number of halogens is 10. The number of carbonyl (C=O) groups excluding carboxylic acids is 3. The van der Waals surface area contributed by atoms with Gasteiger partial charge in [0.15, 0.2) is 17.5 Å². The number of Topliss-reactive ketones (excluding diaryl/α,β-unsaturated/α-hetero) is 1. The SMILES string of the molecule is C=CC(=O)N1CCCC(Cc2cc3c(Nc4ccc(Cl)c(Cl)c4F)c(C#N)cnc3cc2OCC)C1.C=CC(=O)N1CCCC(OS(C)(=O)=O)C1.CCN(CC)CC.CCOc1cc2ncc(C#N)c(Cl)c2cc1CC(C)=O.CCOc1cc2ncc(C#N)c(Nc3ccc(Cl)c(Cl)c3F)c2cc1N.Nc1ccc(Cl)c(Cl)c1F. The Morgan fingerprint density at radius 3 is 1.45 bits per heavy atom. The zero-order valence-corrected chi connectivity index (χ0v) is 69.8. The van der Waals surface area contributed by atoms with Crippen LogP contribution in [-0.2, 0) is 41.5 Å². The lowest BCUT2D eigenvalue weighted by molar-refractivity contribution is -0.128. The average Bonchev–Trinajstić information content (AvgIpc) is 0.783. The van der Waals surface area contributed by atoms with Crippen molar-refractivity contribution in [2.24, 2.45) is 5.92 Å². The number of nitrogen functional groups attached to an aromatic ring is 2. The summed E-state index contributed by atoms with van der Waals surface area (Å²) in [4.78, 5) is 53.4. The molecule has 11 rings (SSSR count). The molecule has 2 saturated heterocycles. The van der Waals surface area contributed by atoms with E-state index in [1.807, 2.05) is 49.9 Å². The number of pyridine rings is 3. The second-order valence-electron chi connectivity index (χ2n) is 25.3. The van der Waals surface area contributed by atoms with Gasteiger partial charge in [-0.1, -0.05) is 115 Å². The molecule has 2 fully saturated rings. The monoisotopic (exact) mass is 1720 g/mol. The van der Waals surface area contributed by atoms with Gasteiger partial charge in [-0.3, -0.25) is 33.5 Å². The molecule has 0 bridgehead atoms. The lowest BCUT2D eigenvalue weighted by atomic mass is 9.90. The average molecular weight is 1720 g/mol. The van der Waals surface area contributed by atoms with Gasteiger partial charge in [-0.05, 0) is 158 Å². The number of nitriles is 3. The van der Waals surface area contributed by atoms with Crippen LogP contribution in [0.25, 0.3) is 32.7 Å². The van der Waals surface area contributed by atoms with Crippen molar-refractivity contribution < 1.29 is 54.4 Å². The van der Waals surface area contributed by atoms with Gasteiger partial charge >= 0.3 is 0 Å². The highest BCUT2D eigenvalue weighted by atomic mass is 35.5. The number of nitrogens with one attached hydrogen (secondary N) is 2. The van der Waals surface area contributed by atoms with Crippen LogP contribution in [0.1, 0.15) is 102 Å². The van der Waals surface area contributed by atoms with E-state index in [4.69, 9.17) is 116 Å². The number of carbonyl (C=O) groups is 3. The summed E-state index contributed by atoms with van der Waals surface area (Å²) >= 11 is 40.7. The fraction of sp³-hybridized carbons (Fsp3) is 0.321. The van der Waals surface area contributed by atoms with Crippen molar-refractivity contribution in [1.29, 1.82) is 15.8 Å². The Morgan fingerprint density at radius 1 is 0.579 bits per heavy atom. The van der Waals surface area contributed by atoms with Crippen molar-refractivity contribution in [3.05, 3.63) is 197 Å². The minimum Gasteiger partial charge on any atom is -0.494 e. The van der Waals surface area contributed by atoms with Gasteiger partial charge in [-0.2, -0.15) is 24.2 Å². The van der Waals surface area contributed by atoms with Crippen LogP contribution in [0.5, 0.6) is 17.2 Å². The van der Waals surface area contributed by atoms with Gasteiger partial charge in [0, 0.05) is 91.1 Å². The van der Waals surface area contributed by atoms with E-state index in [2.05, 4.69) is 70.5 Å². The Bertz CT molecular complexity index is 5210. The van der Waals surface area contributed by atoms with Gasteiger partial charge in [-0.25, -0.2) is 13.2 Å². The number of piperidine rings is 2. The van der Waals surface area contributed by atoms with Gasteiger partial charge in [-0.15, -0.1) is 0 Å². The van der Waals surface area contributed by atoms with Crippen LogP contribution >= 0.6 is 81.2 Å². The molecular weight excluding hydrogens is 1640 g/mol. The maximum absolute atomic E-state index is 14.8. The standard InChI is InChI=1S/C27H25Cl2FN4O2.C18H13Cl2FN4O.C15H13ClN2O2.C9H15NO4S.C6H4Cl2FN.C6H15N/c1-3-24(35)34-9-5-6-16(15-34)10-17-11-19-22(12-23(17)36-4-2)32-14-18(13-31)27(19)33-21-8-7-20(28)25(29)26(21)30;1-2-26-15-6-14-10(5-12(15)23)18(9(7-22)8-24-14)25-13-4-3-11(19)16(20)17(13)21;1-3-20-14-6-13-12(5-10(14)4-9(2)19)15(16)11(7-17)8-18-13;1-3-9(11)10-6-4-5-8(7-10)14-15(2,12)13;7-3-1-2-4(10)6(9)5(3)8;1-4-7(5-2)6-3/h3,7-8,11-12,14,16H,1,4-6,9-10,15H2,2H3,(H,32,33);3-6,8H,2,23H2,1H3,(H,24,25);5-6,8H,3-4H2,1-2H3;3,8H,1,4-7H2,2H3;1-2H,10H2;4-6H2,1-3H3. The predicted molar refractivity (Wildman–Crippen MR) is 449 cm³/mol. The van der Waals surface area contributed by atoms with Crippen LogP contribution in [0, 0.1) is 57.4 Å². The number of likely N-dealkylation sites (tertiary alicyclic amines) is 2. The lowest BCUT2D eigenvalue weighted by Crippen LogP contribution is -2.43. The number of hydrogen-bond donors (Lipinski definition) is 4. The summed E-state index contributed by atoms with van der Waals surface area (Å²) in [5.41, 5.74) is 16.8. The van der Waals surface area contributed by atoms with Crippen LogP contribution in [-0.4, -0.2) is 134 Å². The molecule has 3 aromatic heterocycles. The second-order valence-corrected chi connectivity index (χ2v) is 29.6. The molecule has 2 unspecified atom stereocenters. The first kappa shape index (κ1) is 93.3. The van der Waals surface area contributed by atoms with Crippen LogP contribution in [0.2, 0.25) is 35.2 Å². The number of benzene rings is 6. The highest BCUT2D eigenvalue weighted by Gasteiger charge is 2.28. The third-order valence-electron chi connectivity index (χ3n) is 17.4. The third-order valence-corrected chi connectivity index (χ3v) is 20.8. The van der Waals surface area contributed by atoms with Gasteiger partial charge < -0.3 is 51.0 Å². The maximum Gasteiger partial charge on any atom is 0.264 e. The Hall–Kier alpha value is -9.60. The molecule has 0 spiro atoms. The van der Waals surface area contributed by atoms with Gasteiger partial charge in [0.2, 0.25) is 11.8 Å². The largest absolute Gasteiger partial charge is 0.494 e. The van der Waals surface area contributed by atoms with E-state index in [9.17, 15) is 46.5 Å². The number of aromatic nitrogens is 3. The van der Waals surface area contributed by atoms with Crippen LogP contribution in [0.3, 0.4) is 0 Å². The molecule has 114 heavy (non-hydrogen) atoms. The summed E-state index contributed by atoms with van der Waals surface area (Å²) in [6.07, 6.45) is 11.7. The zero-order valence-electron chi connectivity index (χ0n) is 63.7. The molecule has 604 valence electrons. The second kappa shape index (κ2) is 44.9. The molecule has 0 aliphatic carbocycles. The number of nitrogens with zero attached hydrogens (tertiary/aromatic N) is 9. The lowest BCUT2D eigenvalue weighted by Gasteiger charge is -2.32. The summed E-state index contributed by atoms with van der Waals surface area (Å²) in [7, 11) is -3.44. The molecule has 6 aromatic carbocycles. The summed E-state index contributed by atoms with van der Waals surface area (Å²) in [5, 5.41) is 36.1. The molecule has 0 radical (unpaired) electrons. The summed E-state index contributed by atoms with van der Waals surface area (Å²) < 4.78 is 85.5. The van der Waals surface area contributed by atoms with Gasteiger partial charge in [0.1, 0.15) is 41.2 Å². The molecule has 22 nitrogen and oxygen atoms in total. The quantitative estimate of drug-likeness (QED) is 0.0225. The summed E-state index contributed by atoms with van der Waals surface area (Å²) in [5.74, 6) is -0.257. The molecule has 2 aliphatic heterocycles. The molecule has 9 aromatic rings. The van der Waals surface area contributed by atoms with Crippen LogP contribution in [0.4, 0.5) is 47.3 Å². The Balaban J connectivity index is 0.000000229. The van der Waals surface area contributed by atoms with E-state index >= 15 is 0 Å². The summed E-state index contributed by atoms with van der Waals surface area (Å²) in [6, 6.07) is 25.4. The molecule has 5 heterocycles. The van der Waals surface area contributed by atoms with Crippen molar-refractivity contribution in [3.63, 3.8) is 0 Å². The Morgan fingerprint density at radius 2 is 1.00 bits per heavy atom. The number of anilines is 6. The highest BCUT2D eigenvalue weighted by molar-refractivity contribution is 7.86. The van der Waals surface area contributed by atoms with Gasteiger partial charge in [0.25, 0.3) is 10.1 Å². The maximum atomic E-state index is 14.8. The topological polar surface area (TPSA) is 318 Å². The van der Waals surface area contributed by atoms with Crippen LogP contribution < -0.4 is 36.3 Å². The fourth-order valence-corrected chi connectivity index (χ4v) is 13.7. The highest BCUT2D eigenvalue weighted by Crippen LogP contribution is 2.41. The number of ketones is 1. The molecule has 2 aliphatic rings. The minimum atomic E-state index is -3.44. The van der Waals surface area contributed by atoms with E-state index < -0.39 is 33.7 Å². The zero-order chi connectivity index (χ0) is 84.3. The smallest absolute Gasteiger partial charge is 0.264 e. The van der Waals surface area contributed by atoms with E-state index in [0.29, 0.717) is 130 Å². The number of hydrogen-bond acceptors (Lipinski definition) is 20. The van der Waals surface area contributed by atoms with E-state index in [1.165, 1.54) is 93.7 Å². The minimum absolute atomic E-state index is 0.00870. The van der Waals surface area contributed by atoms with Crippen molar-refractivity contribution in [2.45, 2.75) is 93.1 Å². The molecule has 2 amide bonds. The van der Waals surface area contributed by atoms with Crippen molar-refractivity contribution >= 4 is 176 Å². The van der Waals surface area contributed by atoms with Crippen molar-refractivity contribution in [1.82, 2.24) is 29.7 Å². The molecule has 33 heteroatoms. The number of ether oxygens (including phenoxy) is 3. The Labute approximate surface area is 696 Å². The molecule has 2 atom stereocenters. The first-order chi connectivity index (χ1) is 54.3. The number of amides is 2. The summed E-state index contributed by atoms with van der Waals surface area (Å²) in [6.45, 7) is 28.0. The number of nitrogens with two attached hydrogens (primary N) is 2. The molecular formula is C81H85Cl7F3N13O9S. The van der Waals surface area contributed by atoms with E-state index in [1.54, 1.807) is 29.2 Å². The first-order valence-electron chi connectivity index (χ1n) is 35.8. The number of rotatable bonds is 21. The predicted octanol–water partition coefficient (Wildman–Crippen LogP) is 19.4. The molecule has 0 saturated carbocycles. The van der Waals surface area contributed by atoms with E-state index in [-0.39, 0.29) is 88.3 Å². The fourth-order valence-electron chi connectivity index (χ4n) is 11.9. The van der Waals surface area contributed by atoms with Crippen molar-refractivity contribution in [2.75, 3.05) is 94.0 Å². The number of fused-ring (bicyclic) bond motifs is 3. The van der Waals surface area contributed by atoms with Crippen molar-refractivity contribution in [3.8, 4) is 35.5 Å².